The highest BCUT2D eigenvalue weighted by atomic mass is 16.5. The monoisotopic (exact) mass is 235 g/mol. The van der Waals surface area contributed by atoms with Gasteiger partial charge in [0.15, 0.2) is 0 Å². The standard InChI is InChI=1S/C14H21NO2/c1-14(16,12-5-3-9-15-11-12)8-2-6-13-7-4-10-17-13/h3,5,9,11,13,16H,2,4,6-8,10H2,1H3. The van der Waals surface area contributed by atoms with E-state index < -0.39 is 5.60 Å². The molecule has 0 spiro atoms. The second-order valence-electron chi connectivity index (χ2n) is 5.04. The lowest BCUT2D eigenvalue weighted by atomic mass is 9.91. The summed E-state index contributed by atoms with van der Waals surface area (Å²) in [6.07, 6.45) is 9.05. The molecule has 2 heterocycles. The molecule has 2 unspecified atom stereocenters. The lowest BCUT2D eigenvalue weighted by Gasteiger charge is -2.24. The molecule has 17 heavy (non-hydrogen) atoms. The van der Waals surface area contributed by atoms with E-state index in [2.05, 4.69) is 4.98 Å². The van der Waals surface area contributed by atoms with Crippen molar-refractivity contribution in [2.24, 2.45) is 0 Å². The molecule has 1 saturated heterocycles. The van der Waals surface area contributed by atoms with E-state index in [1.165, 1.54) is 12.8 Å². The first kappa shape index (κ1) is 12.5. The molecule has 0 bridgehead atoms. The second-order valence-corrected chi connectivity index (χ2v) is 5.04. The second kappa shape index (κ2) is 5.61. The highest BCUT2D eigenvalue weighted by Crippen LogP contribution is 2.27. The Bertz CT molecular complexity index is 331. The molecular formula is C14H21NO2. The van der Waals surface area contributed by atoms with Crippen molar-refractivity contribution in [2.45, 2.75) is 50.7 Å². The van der Waals surface area contributed by atoms with E-state index in [0.717, 1.165) is 31.4 Å². The number of nitrogens with zero attached hydrogens (tertiary/aromatic N) is 1. The van der Waals surface area contributed by atoms with Gasteiger partial charge in [-0.15, -0.1) is 0 Å². The minimum atomic E-state index is -0.771. The van der Waals surface area contributed by atoms with Crippen LogP contribution in [0.25, 0.3) is 0 Å². The Labute approximate surface area is 103 Å². The first-order chi connectivity index (χ1) is 8.18. The summed E-state index contributed by atoms with van der Waals surface area (Å²) < 4.78 is 5.58. The van der Waals surface area contributed by atoms with Gasteiger partial charge in [0.1, 0.15) is 0 Å². The largest absolute Gasteiger partial charge is 0.385 e. The van der Waals surface area contributed by atoms with E-state index in [4.69, 9.17) is 4.74 Å². The summed E-state index contributed by atoms with van der Waals surface area (Å²) in [4.78, 5) is 4.05. The molecule has 1 aromatic rings. The summed E-state index contributed by atoms with van der Waals surface area (Å²) >= 11 is 0. The molecule has 0 aliphatic carbocycles. The van der Waals surface area contributed by atoms with Crippen LogP contribution in [0, 0.1) is 0 Å². The normalized spacial score (nSPS) is 23.5. The third-order valence-electron chi connectivity index (χ3n) is 3.50. The van der Waals surface area contributed by atoms with E-state index in [1.807, 2.05) is 19.1 Å². The maximum absolute atomic E-state index is 10.4. The van der Waals surface area contributed by atoms with Crippen molar-refractivity contribution in [3.63, 3.8) is 0 Å². The quantitative estimate of drug-likeness (QED) is 0.853. The maximum Gasteiger partial charge on any atom is 0.0883 e. The highest BCUT2D eigenvalue weighted by molar-refractivity contribution is 5.16. The predicted octanol–water partition coefficient (Wildman–Crippen LogP) is 2.64. The van der Waals surface area contributed by atoms with Crippen LogP contribution in [-0.2, 0) is 10.3 Å². The minimum Gasteiger partial charge on any atom is -0.385 e. The molecule has 0 saturated carbocycles. The predicted molar refractivity (Wildman–Crippen MR) is 66.6 cm³/mol. The average Bonchev–Trinajstić information content (AvgIpc) is 2.83. The summed E-state index contributed by atoms with van der Waals surface area (Å²) in [5, 5.41) is 10.4. The van der Waals surface area contributed by atoms with Crippen LogP contribution in [0.3, 0.4) is 0 Å². The first-order valence-electron chi connectivity index (χ1n) is 6.43. The SMILES string of the molecule is CC(O)(CCCC1CCCO1)c1cccnc1. The van der Waals surface area contributed by atoms with Gasteiger partial charge in [0, 0.05) is 24.6 Å². The molecule has 3 nitrogen and oxygen atoms in total. The van der Waals surface area contributed by atoms with Crippen LogP contribution < -0.4 is 0 Å². The van der Waals surface area contributed by atoms with Gasteiger partial charge in [-0.25, -0.2) is 0 Å². The van der Waals surface area contributed by atoms with Crippen molar-refractivity contribution in [3.05, 3.63) is 30.1 Å². The summed E-state index contributed by atoms with van der Waals surface area (Å²) in [5.41, 5.74) is 0.125. The van der Waals surface area contributed by atoms with Crippen molar-refractivity contribution < 1.29 is 9.84 Å². The molecule has 0 radical (unpaired) electrons. The van der Waals surface area contributed by atoms with Crippen LogP contribution in [-0.4, -0.2) is 22.8 Å². The number of pyridine rings is 1. The zero-order valence-electron chi connectivity index (χ0n) is 10.4. The summed E-state index contributed by atoms with van der Waals surface area (Å²) in [5.74, 6) is 0. The van der Waals surface area contributed by atoms with Gasteiger partial charge in [0.05, 0.1) is 11.7 Å². The smallest absolute Gasteiger partial charge is 0.0883 e. The fraction of sp³-hybridized carbons (Fsp3) is 0.643. The molecular weight excluding hydrogens is 214 g/mol. The van der Waals surface area contributed by atoms with Crippen molar-refractivity contribution >= 4 is 0 Å². The lowest BCUT2D eigenvalue weighted by Crippen LogP contribution is -2.21. The Hall–Kier alpha value is -0.930. The fourth-order valence-corrected chi connectivity index (χ4v) is 2.37. The van der Waals surface area contributed by atoms with Gasteiger partial charge in [0.25, 0.3) is 0 Å². The molecule has 0 aromatic carbocycles. The maximum atomic E-state index is 10.4. The van der Waals surface area contributed by atoms with Gasteiger partial charge in [-0.1, -0.05) is 6.07 Å². The van der Waals surface area contributed by atoms with Gasteiger partial charge in [-0.3, -0.25) is 4.98 Å². The van der Waals surface area contributed by atoms with Crippen LogP contribution >= 0.6 is 0 Å². The van der Waals surface area contributed by atoms with Crippen LogP contribution in [0.4, 0.5) is 0 Å². The van der Waals surface area contributed by atoms with Crippen LogP contribution in [0.15, 0.2) is 24.5 Å². The molecule has 2 atom stereocenters. The Kier molecular flexibility index (Phi) is 4.13. The van der Waals surface area contributed by atoms with Crippen molar-refractivity contribution in [2.75, 3.05) is 6.61 Å². The van der Waals surface area contributed by atoms with E-state index in [0.29, 0.717) is 6.10 Å². The Morgan fingerprint density at radius 1 is 1.59 bits per heavy atom. The number of hydrogen-bond donors (Lipinski definition) is 1. The number of ether oxygens (including phenoxy) is 1. The van der Waals surface area contributed by atoms with Gasteiger partial charge >= 0.3 is 0 Å². The molecule has 0 amide bonds. The number of aliphatic hydroxyl groups is 1. The van der Waals surface area contributed by atoms with E-state index in [1.54, 1.807) is 12.4 Å². The molecule has 1 aromatic heterocycles. The van der Waals surface area contributed by atoms with Gasteiger partial charge in [0.2, 0.25) is 0 Å². The number of hydrogen-bond acceptors (Lipinski definition) is 3. The molecule has 1 aliphatic heterocycles. The van der Waals surface area contributed by atoms with Gasteiger partial charge in [-0.2, -0.15) is 0 Å². The molecule has 1 aliphatic rings. The molecule has 1 fully saturated rings. The number of aromatic nitrogens is 1. The van der Waals surface area contributed by atoms with E-state index in [-0.39, 0.29) is 0 Å². The third kappa shape index (κ3) is 3.51. The number of rotatable bonds is 5. The van der Waals surface area contributed by atoms with E-state index >= 15 is 0 Å². The topological polar surface area (TPSA) is 42.4 Å². The minimum absolute atomic E-state index is 0.416. The molecule has 3 heteroatoms. The Balaban J connectivity index is 1.80. The summed E-state index contributed by atoms with van der Waals surface area (Å²) in [7, 11) is 0. The molecule has 2 rings (SSSR count). The zero-order chi connectivity index (χ0) is 12.1. The molecule has 1 N–H and O–H groups in total. The van der Waals surface area contributed by atoms with Crippen molar-refractivity contribution in [1.82, 2.24) is 4.98 Å². The summed E-state index contributed by atoms with van der Waals surface area (Å²) in [6, 6.07) is 3.79. The Morgan fingerprint density at radius 3 is 3.12 bits per heavy atom. The van der Waals surface area contributed by atoms with Crippen LogP contribution in [0.2, 0.25) is 0 Å². The van der Waals surface area contributed by atoms with Gasteiger partial charge < -0.3 is 9.84 Å². The third-order valence-corrected chi connectivity index (χ3v) is 3.50. The van der Waals surface area contributed by atoms with Crippen molar-refractivity contribution in [3.8, 4) is 0 Å². The molecule has 94 valence electrons. The average molecular weight is 235 g/mol. The lowest BCUT2D eigenvalue weighted by molar-refractivity contribution is 0.0369. The van der Waals surface area contributed by atoms with E-state index in [9.17, 15) is 5.11 Å². The Morgan fingerprint density at radius 2 is 2.47 bits per heavy atom. The summed E-state index contributed by atoms with van der Waals surface area (Å²) in [6.45, 7) is 2.77. The highest BCUT2D eigenvalue weighted by Gasteiger charge is 2.24. The van der Waals surface area contributed by atoms with Crippen molar-refractivity contribution in [1.29, 1.82) is 0 Å². The fourth-order valence-electron chi connectivity index (χ4n) is 2.37. The van der Waals surface area contributed by atoms with Gasteiger partial charge in [-0.05, 0) is 45.1 Å². The first-order valence-corrected chi connectivity index (χ1v) is 6.43. The van der Waals surface area contributed by atoms with Crippen LogP contribution in [0.5, 0.6) is 0 Å². The zero-order valence-corrected chi connectivity index (χ0v) is 10.4. The van der Waals surface area contributed by atoms with Crippen LogP contribution in [0.1, 0.15) is 44.6 Å².